The number of fused-ring (bicyclic) bond motifs is 1. The van der Waals surface area contributed by atoms with Gasteiger partial charge in [-0.1, -0.05) is 27.9 Å². The Morgan fingerprint density at radius 1 is 1.20 bits per heavy atom. The van der Waals surface area contributed by atoms with Crippen LogP contribution in [0.2, 0.25) is 4.34 Å². The van der Waals surface area contributed by atoms with Gasteiger partial charge in [0.2, 0.25) is 0 Å². The van der Waals surface area contributed by atoms with Gasteiger partial charge in [-0.25, -0.2) is 9.97 Å². The van der Waals surface area contributed by atoms with Crippen molar-refractivity contribution < 1.29 is 0 Å². The topological polar surface area (TPSA) is 51.6 Å². The third-order valence-electron chi connectivity index (χ3n) is 2.96. The Kier molecular flexibility index (Phi) is 3.94. The Balaban J connectivity index is 2.00. The summed E-state index contributed by atoms with van der Waals surface area (Å²) in [4.78, 5) is 11.4. The summed E-state index contributed by atoms with van der Waals surface area (Å²) in [5.74, 6) is 1.47. The summed E-state index contributed by atoms with van der Waals surface area (Å²) in [6.45, 7) is 6.16. The minimum atomic E-state index is 0.651. The second kappa shape index (κ2) is 5.55. The summed E-state index contributed by atoms with van der Waals surface area (Å²) >= 11 is 10.6. The van der Waals surface area contributed by atoms with Crippen molar-refractivity contribution in [1.82, 2.24) is 19.6 Å². The summed E-state index contributed by atoms with van der Waals surface area (Å²) in [5.41, 5.74) is 2.07. The normalized spacial score (nSPS) is 11.4. The molecule has 0 amide bonds. The number of thiophene rings is 1. The molecule has 0 spiro atoms. The van der Waals surface area contributed by atoms with Crippen LogP contribution >= 0.6 is 46.2 Å². The molecule has 3 aromatic heterocycles. The molecule has 3 rings (SSSR count). The van der Waals surface area contributed by atoms with E-state index in [9.17, 15) is 0 Å². The van der Waals surface area contributed by atoms with Crippen molar-refractivity contribution in [3.63, 3.8) is 0 Å². The Morgan fingerprint density at radius 3 is 2.70 bits per heavy atom. The molecule has 104 valence electrons. The van der Waals surface area contributed by atoms with E-state index in [4.69, 9.17) is 11.6 Å². The number of nitrogens with zero attached hydrogens (tertiary/aromatic N) is 4. The maximum Gasteiger partial charge on any atom is 0.138 e. The highest BCUT2D eigenvalue weighted by molar-refractivity contribution is 7.98. The average Bonchev–Trinajstić information content (AvgIpc) is 2.91. The summed E-state index contributed by atoms with van der Waals surface area (Å²) in [6, 6.07) is 0. The standard InChI is InChI=1S/C12H11ClN4S3/c1-5-6(2)19-12-9(5)11(14-7(3)15-12)18-4-8-10(13)20-17-16-8/h4H2,1-3H3. The molecule has 0 saturated carbocycles. The lowest BCUT2D eigenvalue weighted by Gasteiger charge is -2.04. The van der Waals surface area contributed by atoms with Gasteiger partial charge in [0.1, 0.15) is 25.7 Å². The van der Waals surface area contributed by atoms with Gasteiger partial charge in [-0.05, 0) is 26.3 Å². The van der Waals surface area contributed by atoms with Crippen molar-refractivity contribution in [2.45, 2.75) is 31.6 Å². The molecular formula is C12H11ClN4S3. The zero-order valence-corrected chi connectivity index (χ0v) is 14.3. The van der Waals surface area contributed by atoms with Crippen molar-refractivity contribution >= 4 is 56.4 Å². The first kappa shape index (κ1) is 14.2. The Bertz CT molecular complexity index is 780. The minimum Gasteiger partial charge on any atom is -0.226 e. The van der Waals surface area contributed by atoms with Crippen LogP contribution in [0.25, 0.3) is 10.2 Å². The largest absolute Gasteiger partial charge is 0.226 e. The van der Waals surface area contributed by atoms with Crippen molar-refractivity contribution in [3.05, 3.63) is 26.3 Å². The first-order valence-electron chi connectivity index (χ1n) is 5.90. The fourth-order valence-electron chi connectivity index (χ4n) is 1.84. The van der Waals surface area contributed by atoms with Crippen LogP contribution in [0.5, 0.6) is 0 Å². The van der Waals surface area contributed by atoms with E-state index in [1.165, 1.54) is 22.0 Å². The Hall–Kier alpha value is -0.760. The lowest BCUT2D eigenvalue weighted by atomic mass is 10.2. The quantitative estimate of drug-likeness (QED) is 0.521. The zero-order chi connectivity index (χ0) is 14.3. The number of aromatic nitrogens is 4. The molecule has 0 unspecified atom stereocenters. The molecule has 0 N–H and O–H groups in total. The van der Waals surface area contributed by atoms with Gasteiger partial charge in [0.25, 0.3) is 0 Å². The van der Waals surface area contributed by atoms with E-state index in [1.807, 2.05) is 6.92 Å². The van der Waals surface area contributed by atoms with Crippen molar-refractivity contribution in [2.75, 3.05) is 0 Å². The third-order valence-corrected chi connectivity index (χ3v) is 6.03. The maximum absolute atomic E-state index is 6.04. The van der Waals surface area contributed by atoms with Gasteiger partial charge in [-0.2, -0.15) is 0 Å². The van der Waals surface area contributed by atoms with Gasteiger partial charge >= 0.3 is 0 Å². The predicted octanol–water partition coefficient (Wildman–Crippen LogP) is 4.41. The van der Waals surface area contributed by atoms with Gasteiger partial charge in [0.15, 0.2) is 0 Å². The van der Waals surface area contributed by atoms with Crippen LogP contribution in [0.3, 0.4) is 0 Å². The van der Waals surface area contributed by atoms with E-state index in [2.05, 4.69) is 33.4 Å². The number of halogens is 1. The number of aryl methyl sites for hydroxylation is 3. The van der Waals surface area contributed by atoms with Crippen LogP contribution in [0, 0.1) is 20.8 Å². The monoisotopic (exact) mass is 342 g/mol. The lowest BCUT2D eigenvalue weighted by Crippen LogP contribution is -1.92. The van der Waals surface area contributed by atoms with Crippen LogP contribution in [0.4, 0.5) is 0 Å². The van der Waals surface area contributed by atoms with Gasteiger partial charge in [0.05, 0.1) is 0 Å². The fraction of sp³-hybridized carbons (Fsp3) is 0.333. The number of hydrogen-bond donors (Lipinski definition) is 0. The number of thioether (sulfide) groups is 1. The van der Waals surface area contributed by atoms with Gasteiger partial charge in [-0.3, -0.25) is 0 Å². The van der Waals surface area contributed by atoms with Crippen molar-refractivity contribution in [2.24, 2.45) is 0 Å². The van der Waals surface area contributed by atoms with E-state index >= 15 is 0 Å². The molecule has 0 fully saturated rings. The maximum atomic E-state index is 6.04. The molecule has 4 nitrogen and oxygen atoms in total. The number of hydrogen-bond acceptors (Lipinski definition) is 7. The first-order valence-corrected chi connectivity index (χ1v) is 8.85. The van der Waals surface area contributed by atoms with Crippen LogP contribution in [0.1, 0.15) is 22.0 Å². The number of rotatable bonds is 3. The zero-order valence-electron chi connectivity index (χ0n) is 11.1. The molecule has 3 aromatic rings. The van der Waals surface area contributed by atoms with E-state index in [-0.39, 0.29) is 0 Å². The third kappa shape index (κ3) is 2.55. The van der Waals surface area contributed by atoms with Gasteiger partial charge in [-0.15, -0.1) is 16.4 Å². The molecule has 0 bridgehead atoms. The van der Waals surface area contributed by atoms with E-state index in [0.29, 0.717) is 10.1 Å². The highest BCUT2D eigenvalue weighted by Crippen LogP contribution is 2.36. The smallest absolute Gasteiger partial charge is 0.138 e. The second-order valence-corrected chi connectivity index (χ2v) is 7.84. The summed E-state index contributed by atoms with van der Waals surface area (Å²) in [7, 11) is 0. The second-order valence-electron chi connectivity index (χ2n) is 4.32. The van der Waals surface area contributed by atoms with E-state index < -0.39 is 0 Å². The van der Waals surface area contributed by atoms with Crippen LogP contribution in [-0.2, 0) is 5.75 Å². The molecule has 0 atom stereocenters. The summed E-state index contributed by atoms with van der Waals surface area (Å²) in [6.07, 6.45) is 0. The highest BCUT2D eigenvalue weighted by Gasteiger charge is 2.15. The van der Waals surface area contributed by atoms with Crippen molar-refractivity contribution in [3.8, 4) is 0 Å². The predicted molar refractivity (Wildman–Crippen MR) is 86.1 cm³/mol. The molecule has 3 heterocycles. The molecule has 8 heteroatoms. The highest BCUT2D eigenvalue weighted by atomic mass is 35.5. The molecule has 0 saturated heterocycles. The molecular weight excluding hydrogens is 332 g/mol. The molecule has 0 radical (unpaired) electrons. The lowest BCUT2D eigenvalue weighted by molar-refractivity contribution is 1.01. The first-order chi connectivity index (χ1) is 9.56. The molecule has 0 aliphatic heterocycles. The molecule has 0 aliphatic carbocycles. The van der Waals surface area contributed by atoms with Gasteiger partial charge in [0, 0.05) is 27.5 Å². The SMILES string of the molecule is Cc1nc(SCc2nnsc2Cl)c2c(C)c(C)sc2n1. The van der Waals surface area contributed by atoms with Crippen LogP contribution < -0.4 is 0 Å². The van der Waals surface area contributed by atoms with Crippen molar-refractivity contribution in [1.29, 1.82) is 0 Å². The summed E-state index contributed by atoms with van der Waals surface area (Å²) in [5, 5.41) is 6.19. The molecule has 0 aromatic carbocycles. The fourth-order valence-corrected chi connectivity index (χ4v) is 4.84. The minimum absolute atomic E-state index is 0.651. The molecule has 0 aliphatic rings. The molecule has 20 heavy (non-hydrogen) atoms. The summed E-state index contributed by atoms with van der Waals surface area (Å²) < 4.78 is 4.50. The van der Waals surface area contributed by atoms with E-state index in [0.717, 1.165) is 26.8 Å². The van der Waals surface area contributed by atoms with Crippen LogP contribution in [-0.4, -0.2) is 19.6 Å². The Morgan fingerprint density at radius 2 is 2.00 bits per heavy atom. The Labute approximate surface area is 133 Å². The van der Waals surface area contributed by atoms with E-state index in [1.54, 1.807) is 23.1 Å². The van der Waals surface area contributed by atoms with Gasteiger partial charge < -0.3 is 0 Å². The van der Waals surface area contributed by atoms with Crippen LogP contribution in [0.15, 0.2) is 5.03 Å². The average molecular weight is 343 g/mol.